The van der Waals surface area contributed by atoms with Crippen LogP contribution in [0.25, 0.3) is 0 Å². The highest BCUT2D eigenvalue weighted by Gasteiger charge is 2.48. The lowest BCUT2D eigenvalue weighted by Crippen LogP contribution is -2.57. The fraction of sp³-hybridized carbons (Fsp3) is 0.524. The summed E-state index contributed by atoms with van der Waals surface area (Å²) in [5.74, 6) is 0.258. The van der Waals surface area contributed by atoms with Crippen molar-refractivity contribution in [1.29, 1.82) is 5.41 Å². The lowest BCUT2D eigenvalue weighted by molar-refractivity contribution is -0.141. The third-order valence-electron chi connectivity index (χ3n) is 5.90. The Hall–Kier alpha value is -3.25. The summed E-state index contributed by atoms with van der Waals surface area (Å²) in [7, 11) is 0. The van der Waals surface area contributed by atoms with Gasteiger partial charge >= 0.3 is 6.18 Å². The molecule has 184 valence electrons. The average Bonchev–Trinajstić information content (AvgIpc) is 3.22. The first-order valence-corrected chi connectivity index (χ1v) is 10.7. The Morgan fingerprint density at radius 1 is 1.24 bits per heavy atom. The molecule has 8 nitrogen and oxygen atoms in total. The summed E-state index contributed by atoms with van der Waals surface area (Å²) in [5, 5.41) is 10.5. The zero-order valence-corrected chi connectivity index (χ0v) is 18.4. The summed E-state index contributed by atoms with van der Waals surface area (Å²) in [5.41, 5.74) is -0.510. The second kappa shape index (κ2) is 9.18. The number of hydrogen-bond donors (Lipinski definition) is 2. The molecule has 2 N–H and O–H groups in total. The third kappa shape index (κ3) is 4.97. The molecule has 4 heterocycles. The van der Waals surface area contributed by atoms with E-state index in [0.29, 0.717) is 37.7 Å². The van der Waals surface area contributed by atoms with E-state index in [0.717, 1.165) is 18.7 Å². The van der Waals surface area contributed by atoms with Crippen molar-refractivity contribution in [3.63, 3.8) is 0 Å². The standard InChI is InChI=1S/C21H24F5N7O/c1-2-34-18(27)17-19(30-8-15(22)23)31-16(9-29-17)32-6-4-20(10-32)11-33(12-20)13-3-5-28-14(7-13)21(24,25)26/h3,5,7,9,15,27H,2,4,6,8,10-12H2,1H3,(H,30,31). The van der Waals surface area contributed by atoms with Crippen molar-refractivity contribution >= 4 is 23.2 Å². The van der Waals surface area contributed by atoms with Gasteiger partial charge in [0.1, 0.15) is 11.5 Å². The van der Waals surface area contributed by atoms with Crippen molar-refractivity contribution in [3.8, 4) is 0 Å². The molecule has 2 aliphatic heterocycles. The zero-order chi connectivity index (χ0) is 24.5. The number of nitrogens with one attached hydrogen (secondary N) is 2. The Balaban J connectivity index is 1.45. The van der Waals surface area contributed by atoms with E-state index in [1.165, 1.54) is 6.20 Å². The van der Waals surface area contributed by atoms with Crippen molar-refractivity contribution in [2.45, 2.75) is 25.9 Å². The molecule has 0 unspecified atom stereocenters. The van der Waals surface area contributed by atoms with Crippen LogP contribution < -0.4 is 15.1 Å². The summed E-state index contributed by atoms with van der Waals surface area (Å²) in [6.07, 6.45) is -3.66. The molecule has 0 saturated carbocycles. The second-order valence-corrected chi connectivity index (χ2v) is 8.38. The highest BCUT2D eigenvalue weighted by Crippen LogP contribution is 2.43. The Kier molecular flexibility index (Phi) is 6.45. The summed E-state index contributed by atoms with van der Waals surface area (Å²) >= 11 is 0. The van der Waals surface area contributed by atoms with Crippen LogP contribution in [0.3, 0.4) is 0 Å². The summed E-state index contributed by atoms with van der Waals surface area (Å²) in [6.45, 7) is 3.70. The number of nitrogens with zero attached hydrogens (tertiary/aromatic N) is 5. The molecule has 0 aromatic carbocycles. The van der Waals surface area contributed by atoms with Gasteiger partial charge in [0, 0.05) is 43.5 Å². The second-order valence-electron chi connectivity index (χ2n) is 8.38. The molecule has 1 spiro atoms. The molecular formula is C21H24F5N7O. The van der Waals surface area contributed by atoms with Gasteiger partial charge in [0.2, 0.25) is 5.90 Å². The Labute approximate surface area is 192 Å². The molecule has 2 saturated heterocycles. The number of rotatable bonds is 7. The van der Waals surface area contributed by atoms with Crippen molar-refractivity contribution in [2.24, 2.45) is 5.41 Å². The summed E-state index contributed by atoms with van der Waals surface area (Å²) in [6, 6.07) is 2.62. The first-order valence-electron chi connectivity index (χ1n) is 10.7. The van der Waals surface area contributed by atoms with E-state index < -0.39 is 24.8 Å². The van der Waals surface area contributed by atoms with Crippen LogP contribution in [0.2, 0.25) is 0 Å². The molecule has 0 radical (unpaired) electrons. The predicted octanol–water partition coefficient (Wildman–Crippen LogP) is 3.65. The lowest BCUT2D eigenvalue weighted by Gasteiger charge is -2.49. The van der Waals surface area contributed by atoms with Crippen LogP contribution in [0.4, 0.5) is 39.3 Å². The van der Waals surface area contributed by atoms with Crippen molar-refractivity contribution < 1.29 is 26.7 Å². The van der Waals surface area contributed by atoms with Crippen LogP contribution in [-0.4, -0.2) is 66.6 Å². The highest BCUT2D eigenvalue weighted by molar-refractivity contribution is 5.94. The Morgan fingerprint density at radius 2 is 1.97 bits per heavy atom. The molecule has 2 aromatic heterocycles. The number of halogens is 5. The quantitative estimate of drug-likeness (QED) is 0.352. The number of ether oxygens (including phenoxy) is 1. The molecule has 0 bridgehead atoms. The van der Waals surface area contributed by atoms with Crippen molar-refractivity contribution in [2.75, 3.05) is 54.4 Å². The van der Waals surface area contributed by atoms with Gasteiger partial charge in [0.25, 0.3) is 6.43 Å². The Morgan fingerprint density at radius 3 is 2.65 bits per heavy atom. The normalized spacial score (nSPS) is 17.3. The van der Waals surface area contributed by atoms with E-state index in [1.807, 2.05) is 9.80 Å². The van der Waals surface area contributed by atoms with Gasteiger partial charge in [-0.3, -0.25) is 10.4 Å². The number of pyridine rings is 1. The topological polar surface area (TPSA) is 90.3 Å². The summed E-state index contributed by atoms with van der Waals surface area (Å²) < 4.78 is 69.6. The van der Waals surface area contributed by atoms with Crippen LogP contribution >= 0.6 is 0 Å². The highest BCUT2D eigenvalue weighted by atomic mass is 19.4. The van der Waals surface area contributed by atoms with Crippen molar-refractivity contribution in [3.05, 3.63) is 35.9 Å². The molecule has 4 rings (SSSR count). The SMILES string of the molecule is CCOC(=N)c1ncc(N2CCC3(CN(c4ccnc(C(F)(F)F)c4)C3)C2)nc1NCC(F)F. The fourth-order valence-corrected chi connectivity index (χ4v) is 4.31. The molecule has 2 aromatic rings. The van der Waals surface area contributed by atoms with Gasteiger partial charge in [0.15, 0.2) is 11.5 Å². The van der Waals surface area contributed by atoms with E-state index in [2.05, 4.69) is 20.3 Å². The average molecular weight is 485 g/mol. The maximum atomic E-state index is 13.0. The number of alkyl halides is 5. The Bertz CT molecular complexity index is 1040. The molecule has 13 heteroatoms. The van der Waals surface area contributed by atoms with E-state index in [9.17, 15) is 22.0 Å². The van der Waals surface area contributed by atoms with E-state index in [4.69, 9.17) is 10.1 Å². The van der Waals surface area contributed by atoms with Crippen LogP contribution in [0, 0.1) is 10.8 Å². The number of aromatic nitrogens is 3. The van der Waals surface area contributed by atoms with Gasteiger partial charge in [0.05, 0.1) is 19.3 Å². The van der Waals surface area contributed by atoms with Gasteiger partial charge in [-0.2, -0.15) is 13.2 Å². The van der Waals surface area contributed by atoms with Gasteiger partial charge in [-0.1, -0.05) is 0 Å². The van der Waals surface area contributed by atoms with Gasteiger partial charge in [-0.15, -0.1) is 0 Å². The molecule has 2 fully saturated rings. The van der Waals surface area contributed by atoms with Gasteiger partial charge in [-0.25, -0.2) is 18.7 Å². The fourth-order valence-electron chi connectivity index (χ4n) is 4.31. The largest absolute Gasteiger partial charge is 0.477 e. The predicted molar refractivity (Wildman–Crippen MR) is 116 cm³/mol. The molecule has 0 aliphatic carbocycles. The van der Waals surface area contributed by atoms with Crippen molar-refractivity contribution in [1.82, 2.24) is 15.0 Å². The van der Waals surface area contributed by atoms with Gasteiger partial charge < -0.3 is 19.9 Å². The zero-order valence-electron chi connectivity index (χ0n) is 18.4. The van der Waals surface area contributed by atoms with Gasteiger partial charge in [-0.05, 0) is 25.5 Å². The molecular weight excluding hydrogens is 461 g/mol. The van der Waals surface area contributed by atoms with E-state index in [-0.39, 0.29) is 29.4 Å². The van der Waals surface area contributed by atoms with Crippen LogP contribution in [0.5, 0.6) is 0 Å². The number of hydrogen-bond acceptors (Lipinski definition) is 8. The van der Waals surface area contributed by atoms with Crippen LogP contribution in [-0.2, 0) is 10.9 Å². The first kappa shape index (κ1) is 23.9. The minimum absolute atomic E-state index is 0.0453. The first-order chi connectivity index (χ1) is 16.1. The lowest BCUT2D eigenvalue weighted by atomic mass is 9.79. The molecule has 34 heavy (non-hydrogen) atoms. The monoisotopic (exact) mass is 485 g/mol. The minimum atomic E-state index is -4.50. The van der Waals surface area contributed by atoms with Crippen LogP contribution in [0.15, 0.2) is 24.5 Å². The summed E-state index contributed by atoms with van der Waals surface area (Å²) in [4.78, 5) is 15.9. The van der Waals surface area contributed by atoms with E-state index >= 15 is 0 Å². The number of anilines is 3. The minimum Gasteiger partial charge on any atom is -0.477 e. The van der Waals surface area contributed by atoms with E-state index in [1.54, 1.807) is 13.0 Å². The smallest absolute Gasteiger partial charge is 0.433 e. The molecule has 2 aliphatic rings. The third-order valence-corrected chi connectivity index (χ3v) is 5.90. The molecule has 0 atom stereocenters. The molecule has 0 amide bonds. The van der Waals surface area contributed by atoms with Crippen LogP contribution in [0.1, 0.15) is 24.7 Å². The maximum absolute atomic E-state index is 13.0. The maximum Gasteiger partial charge on any atom is 0.433 e.